The number of carboxylic acid groups (broad SMARTS) is 1. The van der Waals surface area contributed by atoms with Crippen molar-refractivity contribution in [3.8, 4) is 55.9 Å². The average Bonchev–Trinajstić information content (AvgIpc) is 1.12. The molecule has 32 heteroatoms. The molecule has 19 rings (SSSR count). The third-order valence-corrected chi connectivity index (χ3v) is 26.7. The first kappa shape index (κ1) is 95.8. The van der Waals surface area contributed by atoms with Crippen molar-refractivity contribution in [1.29, 1.82) is 0 Å². The Labute approximate surface area is 813 Å². The van der Waals surface area contributed by atoms with Crippen LogP contribution in [0.15, 0.2) is 286 Å². The van der Waals surface area contributed by atoms with Gasteiger partial charge in [-0.2, -0.15) is 0 Å². The van der Waals surface area contributed by atoms with Crippen molar-refractivity contribution in [2.75, 3.05) is 31.1 Å². The number of unbranched alkanes of at least 4 members (excludes halogenated alkanes) is 1. The molecule has 695 valence electrons. The van der Waals surface area contributed by atoms with Crippen LogP contribution < -0.4 is 48.7 Å². The number of allylic oxidation sites excluding steroid dienone is 1. The molecular formula is C106H95N18O11RuS2. The molecule has 6 atom stereocenters. The van der Waals surface area contributed by atoms with E-state index >= 15 is 0 Å². The van der Waals surface area contributed by atoms with Gasteiger partial charge in [-0.1, -0.05) is 210 Å². The number of aromatic amines is 1. The molecule has 0 bridgehead atoms. The van der Waals surface area contributed by atoms with Gasteiger partial charge in [-0.15, -0.1) is 0 Å². The number of nitrogens with two attached hydrogens (primary N) is 2. The fraction of sp³-hybridized carbons (Fsp3) is 0.189. The first-order chi connectivity index (χ1) is 66.9. The zero-order valence-corrected chi connectivity index (χ0v) is 77.9. The molecule has 9 aromatic carbocycles. The van der Waals surface area contributed by atoms with Crippen molar-refractivity contribution in [2.45, 2.75) is 94.0 Å². The fourth-order valence-corrected chi connectivity index (χ4v) is 19.9. The zero-order chi connectivity index (χ0) is 94.8. The normalized spacial score (nSPS) is 17.2. The summed E-state index contributed by atoms with van der Waals surface area (Å²) in [6.45, 7) is 0.858. The summed E-state index contributed by atoms with van der Waals surface area (Å²) in [4.78, 5) is 174. The van der Waals surface area contributed by atoms with Gasteiger partial charge in [0.25, 0.3) is 5.91 Å². The number of carbonyl (C=O) groups excluding carboxylic acids is 9. The first-order valence-electron chi connectivity index (χ1n) is 45.0. The molecule has 2 saturated heterocycles. The third kappa shape index (κ3) is 22.1. The molecule has 138 heavy (non-hydrogen) atoms. The van der Waals surface area contributed by atoms with E-state index in [4.69, 9.17) is 16.5 Å². The van der Waals surface area contributed by atoms with Crippen LogP contribution in [0.5, 0.6) is 0 Å². The molecule has 3 aliphatic rings. The first-order valence-corrected chi connectivity index (χ1v) is 47.5. The van der Waals surface area contributed by atoms with Crippen LogP contribution >= 0.6 is 21.6 Å². The van der Waals surface area contributed by atoms with Gasteiger partial charge in [0.2, 0.25) is 47.3 Å². The van der Waals surface area contributed by atoms with Crippen molar-refractivity contribution in [2.24, 2.45) is 11.5 Å². The molecule has 1 radical (unpaired) electrons. The van der Waals surface area contributed by atoms with Crippen LogP contribution in [-0.4, -0.2) is 176 Å². The molecule has 9 heterocycles. The Morgan fingerprint density at radius 2 is 0.986 bits per heavy atom. The van der Waals surface area contributed by atoms with Crippen LogP contribution in [0.1, 0.15) is 72.9 Å². The van der Waals surface area contributed by atoms with Gasteiger partial charge in [0, 0.05) is 138 Å². The number of aliphatic carboxylic acids is 1. The monoisotopic (exact) mass is 1960 g/mol. The van der Waals surface area contributed by atoms with E-state index in [2.05, 4.69) is 218 Å². The van der Waals surface area contributed by atoms with Crippen LogP contribution in [0.3, 0.4) is 0 Å². The van der Waals surface area contributed by atoms with Gasteiger partial charge in [-0.05, 0) is 167 Å². The quantitative estimate of drug-likeness (QED) is 0.0155. The number of carbonyl (C=O) groups is 10. The molecule has 2 aliphatic heterocycles. The molecule has 0 spiro atoms. The minimum Gasteiger partial charge on any atom is -0.481 e. The van der Waals surface area contributed by atoms with Crippen molar-refractivity contribution >= 4 is 163 Å². The Morgan fingerprint density at radius 1 is 0.478 bits per heavy atom. The topological polar surface area (TPSA) is 436 Å². The molecule has 29 nitrogen and oxygen atoms in total. The average molecular weight is 1960 g/mol. The van der Waals surface area contributed by atoms with Crippen molar-refractivity contribution in [3.63, 3.8) is 0 Å². The van der Waals surface area contributed by atoms with Crippen molar-refractivity contribution in [3.05, 3.63) is 309 Å². The van der Waals surface area contributed by atoms with E-state index < -0.39 is 102 Å². The Balaban J connectivity index is 0.000000206. The largest absolute Gasteiger partial charge is 0.481 e. The standard InChI is InChI=1S/C58H63N14O11S2.2C24H16N2.Ru/c59-21-4-3-12-38-54(79)64-28-45(74)65-39(27-46(75)76)55(80)68-40(26-34-19-14-31-8-1-2-9-35(31)34)58(83)72-25-7-13-43(72)57(82)69-41(51(60)77)29-84-85-30-42(56(81)67-38)66-44(73)20-24-63-53(78)33-17-15-32(16-18-33)52-70-49-36-10-5-22-61-47(36)48-37(50(49)71-52)11-6-23-62-48;2*1-3-7-17(8-4-1)19-13-15-25-23-21(19)11-12-22-20(14-16-26-24(22)23)18-9-5-2-6-10-18;/h1-2,5-6,8-11,15-19,22-23,28,38-43H,3-4,7,12-14,20-21,24-27,29-30,59H2,(H2,60,77)(H,63,78)(H,64,79)(H,65,74)(H,66,73)(H,67,81)(H,68,80)(H,69,82)(H,70,71)(H,75,76);2*1-16H;. The zero-order valence-electron chi connectivity index (χ0n) is 74.5. The van der Waals surface area contributed by atoms with E-state index in [0.717, 1.165) is 109 Å². The number of primary amides is 1. The molecule has 1 aliphatic carbocycles. The molecule has 0 saturated carbocycles. The number of amides is 9. The number of fused-ring (bicyclic) bond motifs is 14. The maximum atomic E-state index is 14.6. The summed E-state index contributed by atoms with van der Waals surface area (Å²) in [7, 11) is 2.09. The number of nitrogens with zero attached hydrogens (tertiary/aromatic N) is 8. The molecule has 9 amide bonds. The Bertz CT molecular complexity index is 6830. The number of benzene rings is 9. The second-order valence-corrected chi connectivity index (χ2v) is 35.7. The number of carboxylic acids is 1. The van der Waals surface area contributed by atoms with Crippen LogP contribution in [0.2, 0.25) is 0 Å². The number of imidazole rings is 1. The van der Waals surface area contributed by atoms with Crippen LogP contribution in [0, 0.1) is 6.54 Å². The predicted octanol–water partition coefficient (Wildman–Crippen LogP) is 13.9. The van der Waals surface area contributed by atoms with E-state index in [0.29, 0.717) is 54.8 Å². The number of aromatic nitrogens is 8. The minimum absolute atomic E-state index is 0. The fourth-order valence-electron chi connectivity index (χ4n) is 17.5. The van der Waals surface area contributed by atoms with Gasteiger partial charge in [-0.25, -0.2) is 4.98 Å². The van der Waals surface area contributed by atoms with Gasteiger partial charge >= 0.3 is 5.97 Å². The summed E-state index contributed by atoms with van der Waals surface area (Å²) in [5.41, 5.74) is 31.3. The van der Waals surface area contributed by atoms with Crippen LogP contribution in [-0.2, 0) is 69.0 Å². The van der Waals surface area contributed by atoms with Gasteiger partial charge in [-0.3, -0.25) is 77.8 Å². The SMILES string of the molecule is NCCCCC1NC(=O)C(NC(=O)CCNC(=O)c2ccc(-c3nc4c5cccnc5c5ncccc5c4[nH]3)cc2)CSSCC(C(N)=O)NC(=O)C2CCCN2C(=O)C(CC2=CCc3ccccc32)NC(=O)C(CC(=O)O)NC(=O)[CH]NC1=O.[Ru].c1ccc(-c2ccnc3c2ccc2c(-c4ccccc4)ccnc23)cc1.c1ccc(-c2ccnc3c2ccc2c(-c4ccccc4)ccnc23)cc1. The van der Waals surface area contributed by atoms with Crippen molar-refractivity contribution < 1.29 is 72.5 Å². The number of hydrogen-bond donors (Lipinski definition) is 11. The van der Waals surface area contributed by atoms with Gasteiger partial charge < -0.3 is 63.7 Å². The summed E-state index contributed by atoms with van der Waals surface area (Å²) in [6, 6.07) is 72.2. The molecule has 2 fully saturated rings. The molecule has 7 aromatic heterocycles. The summed E-state index contributed by atoms with van der Waals surface area (Å²) < 4.78 is 0. The van der Waals surface area contributed by atoms with Gasteiger partial charge in [0.15, 0.2) is 0 Å². The van der Waals surface area contributed by atoms with E-state index in [1.807, 2.05) is 104 Å². The van der Waals surface area contributed by atoms with E-state index in [-0.39, 0.29) is 76.3 Å². The molecular weight excluding hydrogens is 1870 g/mol. The number of H-pyrrole nitrogens is 1. The van der Waals surface area contributed by atoms with E-state index in [1.165, 1.54) is 49.4 Å². The number of rotatable bonds is 19. The van der Waals surface area contributed by atoms with E-state index in [1.54, 1.807) is 36.7 Å². The molecule has 16 aromatic rings. The number of nitrogens with one attached hydrogen (secondary N) is 8. The second kappa shape index (κ2) is 44.9. The summed E-state index contributed by atoms with van der Waals surface area (Å²) >= 11 is 0. The molecule has 13 N–H and O–H groups in total. The van der Waals surface area contributed by atoms with Gasteiger partial charge in [0.05, 0.1) is 50.6 Å². The minimum atomic E-state index is -1.77. The van der Waals surface area contributed by atoms with Gasteiger partial charge in [0.1, 0.15) is 48.6 Å². The molecule has 6 unspecified atom stereocenters. The smallest absolute Gasteiger partial charge is 0.305 e. The summed E-state index contributed by atoms with van der Waals surface area (Å²) in [6.07, 6.45) is 13.4. The van der Waals surface area contributed by atoms with E-state index in [9.17, 15) is 53.1 Å². The Kier molecular flexibility index (Phi) is 31.1. The maximum absolute atomic E-state index is 14.6. The predicted molar refractivity (Wildman–Crippen MR) is 534 cm³/mol. The summed E-state index contributed by atoms with van der Waals surface area (Å²) in [5.74, 6) is -8.47. The van der Waals surface area contributed by atoms with Crippen LogP contribution in [0.25, 0.3) is 138 Å². The maximum Gasteiger partial charge on any atom is 0.305 e. The van der Waals surface area contributed by atoms with Crippen LogP contribution in [0.4, 0.5) is 0 Å². The Morgan fingerprint density at radius 3 is 1.53 bits per heavy atom. The van der Waals surface area contributed by atoms with Crippen molar-refractivity contribution in [1.82, 2.24) is 82.0 Å². The Hall–Kier alpha value is -15.4. The number of hydrogen-bond acceptors (Lipinski definition) is 20. The summed E-state index contributed by atoms with van der Waals surface area (Å²) in [5, 5.41) is 34.0. The third-order valence-electron chi connectivity index (χ3n) is 24.3. The second-order valence-electron chi connectivity index (χ2n) is 33.2. The number of pyridine rings is 6.